The summed E-state index contributed by atoms with van der Waals surface area (Å²) in [5, 5.41) is 0. The molecule has 0 aromatic carbocycles. The van der Waals surface area contributed by atoms with Crippen LogP contribution in [0.25, 0.3) is 0 Å². The van der Waals surface area contributed by atoms with Crippen LogP contribution in [0.2, 0.25) is 13.3 Å². The number of carbonyl (C=O) groups excluding carboxylic acids is 2. The van der Waals surface area contributed by atoms with Gasteiger partial charge in [0.25, 0.3) is 0 Å². The third-order valence-electron chi connectivity index (χ3n) is 6.03. The number of hydrogen-bond donors (Lipinski definition) is 0. The maximum atomic E-state index is 13.3. The number of rotatable bonds is 17. The first-order chi connectivity index (χ1) is 14.4. The molecule has 0 fully saturated rings. The second-order valence-electron chi connectivity index (χ2n) is 8.44. The van der Waals surface area contributed by atoms with Gasteiger partial charge in [-0.3, -0.25) is 0 Å². The Labute approximate surface area is 189 Å². The number of unbranched alkanes of at least 4 members (excludes halogenated alkanes) is 4. The molecule has 4 nitrogen and oxygen atoms in total. The summed E-state index contributed by atoms with van der Waals surface area (Å²) in [6, 6.07) is 0. The standard InChI is InChI=1S/C13H19O4.3C4H9.Sn/c1-5-6-7-11(9-12(14)16-3)8-10(2)13(15)17-4;3*1-3-4-2;/h2,5-8H2,1,3-4H3;3*1,3-4H2,2H3;. The van der Waals surface area contributed by atoms with E-state index in [4.69, 9.17) is 9.47 Å². The maximum absolute atomic E-state index is 13.3. The summed E-state index contributed by atoms with van der Waals surface area (Å²) in [7, 11) is 2.89. The molecule has 0 spiro atoms. The van der Waals surface area contributed by atoms with E-state index in [0.29, 0.717) is 12.0 Å². The van der Waals surface area contributed by atoms with Gasteiger partial charge in [-0.2, -0.15) is 0 Å². The van der Waals surface area contributed by atoms with Crippen LogP contribution in [0.15, 0.2) is 21.3 Å². The Balaban J connectivity index is 6.64. The average Bonchev–Trinajstić information content (AvgIpc) is 2.76. The fraction of sp³-hybridized carbons (Fsp3) is 0.760. The molecule has 0 aromatic rings. The predicted molar refractivity (Wildman–Crippen MR) is 129 cm³/mol. The second kappa shape index (κ2) is 16.9. The Morgan fingerprint density at radius 2 is 1.17 bits per heavy atom. The van der Waals surface area contributed by atoms with Gasteiger partial charge in [0.1, 0.15) is 0 Å². The molecule has 0 amide bonds. The molecule has 0 heterocycles. The summed E-state index contributed by atoms with van der Waals surface area (Å²) in [6.07, 6.45) is 10.3. The second-order valence-corrected chi connectivity index (χ2v) is 21.5. The molecule has 0 aromatic heterocycles. The molecule has 0 rings (SSSR count). The van der Waals surface area contributed by atoms with Crippen molar-refractivity contribution in [2.24, 2.45) is 0 Å². The van der Waals surface area contributed by atoms with Crippen molar-refractivity contribution < 1.29 is 19.1 Å². The topological polar surface area (TPSA) is 52.6 Å². The van der Waals surface area contributed by atoms with Gasteiger partial charge in [-0.05, 0) is 0 Å². The Morgan fingerprint density at radius 3 is 1.53 bits per heavy atom. The van der Waals surface area contributed by atoms with Gasteiger partial charge in [0, 0.05) is 0 Å². The molecule has 0 bridgehead atoms. The van der Waals surface area contributed by atoms with Crippen LogP contribution in [0.5, 0.6) is 0 Å². The number of ether oxygens (including phenoxy) is 2. The zero-order valence-electron chi connectivity index (χ0n) is 20.5. The van der Waals surface area contributed by atoms with Gasteiger partial charge in [0.05, 0.1) is 0 Å². The zero-order chi connectivity index (χ0) is 23.0. The summed E-state index contributed by atoms with van der Waals surface area (Å²) >= 11 is -3.05. The van der Waals surface area contributed by atoms with E-state index in [9.17, 15) is 9.59 Å². The van der Waals surface area contributed by atoms with Crippen LogP contribution in [-0.4, -0.2) is 44.5 Å². The molecule has 0 unspecified atom stereocenters. The Kier molecular flexibility index (Phi) is 16.4. The molecular formula is C25H46O4Sn. The van der Waals surface area contributed by atoms with Crippen molar-refractivity contribution >= 4 is 30.3 Å². The molecule has 0 aliphatic rings. The van der Waals surface area contributed by atoms with Gasteiger partial charge >= 0.3 is 190 Å². The zero-order valence-corrected chi connectivity index (χ0v) is 23.4. The third-order valence-corrected chi connectivity index (χ3v) is 21.9. The molecule has 5 heteroatoms. The number of carbonyl (C=O) groups is 2. The third kappa shape index (κ3) is 9.57. The fourth-order valence-electron chi connectivity index (χ4n) is 4.30. The van der Waals surface area contributed by atoms with Crippen molar-refractivity contribution in [2.45, 2.75) is 105 Å². The van der Waals surface area contributed by atoms with E-state index >= 15 is 0 Å². The van der Waals surface area contributed by atoms with E-state index in [1.54, 1.807) is 0 Å². The van der Waals surface area contributed by atoms with Gasteiger partial charge in [-0.15, -0.1) is 0 Å². The van der Waals surface area contributed by atoms with E-state index in [-0.39, 0.29) is 11.9 Å². The molecule has 0 aliphatic heterocycles. The summed E-state index contributed by atoms with van der Waals surface area (Å²) < 4.78 is 14.9. The van der Waals surface area contributed by atoms with Crippen molar-refractivity contribution in [3.8, 4) is 0 Å². The minimum absolute atomic E-state index is 0.141. The normalized spacial score (nSPS) is 12.3. The van der Waals surface area contributed by atoms with Crippen LogP contribution in [-0.2, 0) is 19.1 Å². The van der Waals surface area contributed by atoms with Crippen molar-refractivity contribution in [2.75, 3.05) is 14.2 Å². The molecule has 0 saturated carbocycles. The van der Waals surface area contributed by atoms with Gasteiger partial charge in [0.2, 0.25) is 0 Å². The Morgan fingerprint density at radius 1 is 0.733 bits per heavy atom. The van der Waals surface area contributed by atoms with E-state index < -0.39 is 18.4 Å². The SMILES string of the molecule is C=C(C/C(CCCC)=[C](\C(=O)OC)[Sn]([CH2]CCC)([CH2]CCC)[CH2]CCC)C(=O)OC. The van der Waals surface area contributed by atoms with E-state index in [1.165, 1.54) is 46.8 Å². The number of esters is 2. The van der Waals surface area contributed by atoms with Gasteiger partial charge in [0.15, 0.2) is 0 Å². The Hall–Kier alpha value is -0.781. The number of hydrogen-bond acceptors (Lipinski definition) is 4. The first-order valence-electron chi connectivity index (χ1n) is 11.9. The first-order valence-corrected chi connectivity index (χ1v) is 19.4. The quantitative estimate of drug-likeness (QED) is 0.114. The van der Waals surface area contributed by atoms with Crippen LogP contribution in [0.3, 0.4) is 0 Å². The van der Waals surface area contributed by atoms with Crippen LogP contribution in [0.1, 0.15) is 91.9 Å². The summed E-state index contributed by atoms with van der Waals surface area (Å²) in [6.45, 7) is 12.8. The van der Waals surface area contributed by atoms with Crippen LogP contribution in [0, 0.1) is 0 Å². The molecule has 30 heavy (non-hydrogen) atoms. The Bertz CT molecular complexity index is 544. The van der Waals surface area contributed by atoms with Crippen molar-refractivity contribution in [1.29, 1.82) is 0 Å². The predicted octanol–water partition coefficient (Wildman–Crippen LogP) is 7.15. The first kappa shape index (κ1) is 29.2. The molecule has 0 saturated heterocycles. The van der Waals surface area contributed by atoms with E-state index in [0.717, 1.165) is 47.7 Å². The van der Waals surface area contributed by atoms with Crippen LogP contribution < -0.4 is 0 Å². The van der Waals surface area contributed by atoms with Crippen LogP contribution >= 0.6 is 0 Å². The van der Waals surface area contributed by atoms with Gasteiger partial charge in [-0.1, -0.05) is 0 Å². The monoisotopic (exact) mass is 530 g/mol. The van der Waals surface area contributed by atoms with Crippen molar-refractivity contribution in [3.63, 3.8) is 0 Å². The molecule has 0 radical (unpaired) electrons. The molecule has 0 N–H and O–H groups in total. The van der Waals surface area contributed by atoms with E-state index in [2.05, 4.69) is 34.3 Å². The molecular weight excluding hydrogens is 483 g/mol. The molecule has 0 atom stereocenters. The van der Waals surface area contributed by atoms with E-state index in [1.807, 2.05) is 0 Å². The number of allylic oxidation sites excluding steroid dienone is 1. The molecule has 174 valence electrons. The van der Waals surface area contributed by atoms with Crippen molar-refractivity contribution in [3.05, 3.63) is 21.3 Å². The van der Waals surface area contributed by atoms with Crippen molar-refractivity contribution in [1.82, 2.24) is 0 Å². The van der Waals surface area contributed by atoms with Gasteiger partial charge in [-0.25, -0.2) is 0 Å². The summed E-state index contributed by atoms with van der Waals surface area (Å²) in [5.41, 5.74) is 1.55. The fourth-order valence-corrected chi connectivity index (χ4v) is 21.7. The average molecular weight is 529 g/mol. The molecule has 0 aliphatic carbocycles. The summed E-state index contributed by atoms with van der Waals surface area (Å²) in [4.78, 5) is 25.4. The number of methoxy groups -OCH3 is 2. The van der Waals surface area contributed by atoms with Crippen LogP contribution in [0.4, 0.5) is 0 Å². The van der Waals surface area contributed by atoms with Gasteiger partial charge < -0.3 is 0 Å². The summed E-state index contributed by atoms with van der Waals surface area (Å²) in [5.74, 6) is -0.525. The minimum atomic E-state index is -3.05.